The van der Waals surface area contributed by atoms with E-state index in [9.17, 15) is 14.0 Å². The van der Waals surface area contributed by atoms with E-state index in [1.807, 2.05) is 6.07 Å². The highest BCUT2D eigenvalue weighted by Gasteiger charge is 2.09. The molecule has 2 rings (SSSR count). The van der Waals surface area contributed by atoms with E-state index in [1.165, 1.54) is 18.2 Å². The Morgan fingerprint density at radius 1 is 1.08 bits per heavy atom. The van der Waals surface area contributed by atoms with Crippen molar-refractivity contribution in [1.82, 2.24) is 5.32 Å². The summed E-state index contributed by atoms with van der Waals surface area (Å²) in [5.74, 6) is -1.13. The van der Waals surface area contributed by atoms with Crippen LogP contribution < -0.4 is 10.1 Å². The molecule has 0 aromatic heterocycles. The topological polar surface area (TPSA) is 64.6 Å². The van der Waals surface area contributed by atoms with Gasteiger partial charge in [-0.1, -0.05) is 35.9 Å². The third-order valence-electron chi connectivity index (χ3n) is 2.94. The summed E-state index contributed by atoms with van der Waals surface area (Å²) in [5, 5.41) is 2.51. The van der Waals surface area contributed by atoms with Crippen LogP contribution in [0.15, 0.2) is 48.5 Å². The molecule has 5 nitrogen and oxygen atoms in total. The zero-order chi connectivity index (χ0) is 17.4. The molecular weight excluding hydrogens is 337 g/mol. The number of hydrogen-bond acceptors (Lipinski definition) is 4. The van der Waals surface area contributed by atoms with E-state index in [-0.39, 0.29) is 18.2 Å². The van der Waals surface area contributed by atoms with E-state index in [0.29, 0.717) is 11.3 Å². The Kier molecular flexibility index (Phi) is 6.57. The largest absolute Gasteiger partial charge is 0.482 e. The number of halogens is 2. The van der Waals surface area contributed by atoms with Gasteiger partial charge in [-0.05, 0) is 29.8 Å². The van der Waals surface area contributed by atoms with Gasteiger partial charge in [-0.3, -0.25) is 4.79 Å². The molecule has 0 bridgehead atoms. The Hall–Kier alpha value is -2.60. The molecule has 1 N–H and O–H groups in total. The van der Waals surface area contributed by atoms with Gasteiger partial charge in [0, 0.05) is 6.54 Å². The van der Waals surface area contributed by atoms with Gasteiger partial charge in [0.1, 0.15) is 11.6 Å². The summed E-state index contributed by atoms with van der Waals surface area (Å²) in [5.41, 5.74) is 0.633. The summed E-state index contributed by atoms with van der Waals surface area (Å²) in [4.78, 5) is 23.1. The standard InChI is InChI=1S/C17H15ClFNO4/c18-14-8-12(6-7-15(14)19)9-20-16(21)10-24-17(22)11-23-13-4-2-1-3-5-13/h1-8H,9-11H2,(H,20,21). The highest BCUT2D eigenvalue weighted by molar-refractivity contribution is 6.30. The maximum absolute atomic E-state index is 13.0. The van der Waals surface area contributed by atoms with Crippen LogP contribution in [0.5, 0.6) is 5.75 Å². The smallest absolute Gasteiger partial charge is 0.344 e. The number of esters is 1. The molecule has 2 aromatic carbocycles. The second kappa shape index (κ2) is 8.88. The van der Waals surface area contributed by atoms with Gasteiger partial charge in [0.2, 0.25) is 0 Å². The number of para-hydroxylation sites is 1. The molecule has 24 heavy (non-hydrogen) atoms. The maximum Gasteiger partial charge on any atom is 0.344 e. The number of nitrogens with one attached hydrogen (secondary N) is 1. The summed E-state index contributed by atoms with van der Waals surface area (Å²) >= 11 is 5.65. The fourth-order valence-corrected chi connectivity index (χ4v) is 1.95. The molecule has 2 aromatic rings. The summed E-state index contributed by atoms with van der Waals surface area (Å²) in [6, 6.07) is 12.9. The van der Waals surface area contributed by atoms with Crippen LogP contribution in [0.3, 0.4) is 0 Å². The van der Waals surface area contributed by atoms with Crippen molar-refractivity contribution in [2.75, 3.05) is 13.2 Å². The third-order valence-corrected chi connectivity index (χ3v) is 3.23. The summed E-state index contributed by atoms with van der Waals surface area (Å²) in [7, 11) is 0. The lowest BCUT2D eigenvalue weighted by Gasteiger charge is -2.08. The van der Waals surface area contributed by atoms with Crippen molar-refractivity contribution in [3.05, 3.63) is 64.9 Å². The molecule has 0 aliphatic carbocycles. The molecule has 0 aliphatic heterocycles. The van der Waals surface area contributed by atoms with E-state index < -0.39 is 24.3 Å². The number of amides is 1. The first-order chi connectivity index (χ1) is 11.5. The molecule has 1 amide bonds. The van der Waals surface area contributed by atoms with E-state index in [2.05, 4.69) is 5.32 Å². The molecule has 0 saturated heterocycles. The van der Waals surface area contributed by atoms with Crippen molar-refractivity contribution in [2.45, 2.75) is 6.54 Å². The minimum atomic E-state index is -0.654. The van der Waals surface area contributed by atoms with E-state index >= 15 is 0 Å². The lowest BCUT2D eigenvalue weighted by atomic mass is 10.2. The van der Waals surface area contributed by atoms with Crippen LogP contribution in [0.25, 0.3) is 0 Å². The predicted octanol–water partition coefficient (Wildman–Crippen LogP) is 2.72. The van der Waals surface area contributed by atoms with E-state index in [4.69, 9.17) is 21.1 Å². The van der Waals surface area contributed by atoms with Gasteiger partial charge in [0.05, 0.1) is 5.02 Å². The van der Waals surface area contributed by atoms with Crippen LogP contribution in [0.1, 0.15) is 5.56 Å². The lowest BCUT2D eigenvalue weighted by molar-refractivity contribution is -0.150. The average molecular weight is 352 g/mol. The fraction of sp³-hybridized carbons (Fsp3) is 0.176. The monoisotopic (exact) mass is 351 g/mol. The van der Waals surface area contributed by atoms with Crippen LogP contribution in [-0.2, 0) is 20.9 Å². The van der Waals surface area contributed by atoms with Gasteiger partial charge in [0.15, 0.2) is 13.2 Å². The predicted molar refractivity (Wildman–Crippen MR) is 86.2 cm³/mol. The average Bonchev–Trinajstić information content (AvgIpc) is 2.60. The molecule has 0 saturated carbocycles. The Balaban J connectivity index is 1.67. The van der Waals surface area contributed by atoms with Crippen molar-refractivity contribution in [2.24, 2.45) is 0 Å². The van der Waals surface area contributed by atoms with Gasteiger partial charge in [-0.25, -0.2) is 9.18 Å². The molecule has 7 heteroatoms. The van der Waals surface area contributed by atoms with Gasteiger partial charge in [-0.2, -0.15) is 0 Å². The molecule has 126 valence electrons. The van der Waals surface area contributed by atoms with Gasteiger partial charge >= 0.3 is 5.97 Å². The zero-order valence-electron chi connectivity index (χ0n) is 12.6. The maximum atomic E-state index is 13.0. The third kappa shape index (κ3) is 5.89. The molecule has 0 fully saturated rings. The van der Waals surface area contributed by atoms with Crippen LogP contribution in [-0.4, -0.2) is 25.1 Å². The molecule has 0 heterocycles. The minimum Gasteiger partial charge on any atom is -0.482 e. The normalized spacial score (nSPS) is 10.1. The van der Waals surface area contributed by atoms with Crippen molar-refractivity contribution < 1.29 is 23.5 Å². The van der Waals surface area contributed by atoms with Gasteiger partial charge in [-0.15, -0.1) is 0 Å². The molecule has 0 radical (unpaired) electrons. The first kappa shape index (κ1) is 17.7. The zero-order valence-corrected chi connectivity index (χ0v) is 13.4. The van der Waals surface area contributed by atoms with Crippen molar-refractivity contribution >= 4 is 23.5 Å². The molecular formula is C17H15ClFNO4. The summed E-state index contributed by atoms with van der Waals surface area (Å²) < 4.78 is 23.0. The van der Waals surface area contributed by atoms with Crippen LogP contribution in [0, 0.1) is 5.82 Å². The second-order valence-electron chi connectivity index (χ2n) is 4.79. The number of carbonyl (C=O) groups is 2. The highest BCUT2D eigenvalue weighted by Crippen LogP contribution is 2.15. The minimum absolute atomic E-state index is 0.0220. The number of rotatable bonds is 7. The Labute approximate surface area is 143 Å². The molecule has 0 aliphatic rings. The SMILES string of the molecule is O=C(COC(=O)COc1ccccc1)NCc1ccc(F)c(Cl)c1. The van der Waals surface area contributed by atoms with E-state index in [0.717, 1.165) is 0 Å². The quantitative estimate of drug-likeness (QED) is 0.779. The Morgan fingerprint density at radius 3 is 2.54 bits per heavy atom. The number of carbonyl (C=O) groups excluding carboxylic acids is 2. The van der Waals surface area contributed by atoms with Crippen LogP contribution in [0.4, 0.5) is 4.39 Å². The lowest BCUT2D eigenvalue weighted by Crippen LogP contribution is -2.29. The van der Waals surface area contributed by atoms with Crippen molar-refractivity contribution in [3.8, 4) is 5.75 Å². The van der Waals surface area contributed by atoms with Crippen molar-refractivity contribution in [3.63, 3.8) is 0 Å². The molecule has 0 spiro atoms. The Morgan fingerprint density at radius 2 is 1.83 bits per heavy atom. The van der Waals surface area contributed by atoms with Crippen LogP contribution in [0.2, 0.25) is 5.02 Å². The van der Waals surface area contributed by atoms with Gasteiger partial charge in [0.25, 0.3) is 5.91 Å². The van der Waals surface area contributed by atoms with Gasteiger partial charge < -0.3 is 14.8 Å². The van der Waals surface area contributed by atoms with Crippen LogP contribution >= 0.6 is 11.6 Å². The summed E-state index contributed by atoms with van der Waals surface area (Å²) in [6.07, 6.45) is 0. The first-order valence-electron chi connectivity index (χ1n) is 7.08. The highest BCUT2D eigenvalue weighted by atomic mass is 35.5. The number of benzene rings is 2. The fourth-order valence-electron chi connectivity index (χ4n) is 1.75. The molecule has 0 atom stereocenters. The van der Waals surface area contributed by atoms with Crippen molar-refractivity contribution in [1.29, 1.82) is 0 Å². The van der Waals surface area contributed by atoms with E-state index in [1.54, 1.807) is 24.3 Å². The second-order valence-corrected chi connectivity index (χ2v) is 5.19. The number of ether oxygens (including phenoxy) is 2. The first-order valence-corrected chi connectivity index (χ1v) is 7.46. The molecule has 0 unspecified atom stereocenters. The Bertz CT molecular complexity index is 709. The number of hydrogen-bond donors (Lipinski definition) is 1. The summed E-state index contributed by atoms with van der Waals surface area (Å²) in [6.45, 7) is -0.562.